The molecule has 0 bridgehead atoms. The Balaban J connectivity index is 1.34. The van der Waals surface area contributed by atoms with Crippen molar-refractivity contribution in [3.8, 4) is 5.75 Å². The Kier molecular flexibility index (Phi) is 5.46. The quantitative estimate of drug-likeness (QED) is 0.711. The first-order valence-electron chi connectivity index (χ1n) is 9.32. The maximum absolute atomic E-state index is 12.7. The normalized spacial score (nSPS) is 14.6. The molecule has 0 atom stereocenters. The van der Waals surface area contributed by atoms with Crippen molar-refractivity contribution in [2.45, 2.75) is 25.4 Å². The summed E-state index contributed by atoms with van der Waals surface area (Å²) in [5.41, 5.74) is 1.49. The highest BCUT2D eigenvalue weighted by Gasteiger charge is 2.25. The fourth-order valence-corrected chi connectivity index (χ4v) is 3.29. The summed E-state index contributed by atoms with van der Waals surface area (Å²) in [7, 11) is 0. The first-order valence-corrected chi connectivity index (χ1v) is 9.32. The van der Waals surface area contributed by atoms with E-state index >= 15 is 0 Å². The molecule has 2 amide bonds. The lowest BCUT2D eigenvalue weighted by Gasteiger charge is -2.31. The Morgan fingerprint density at radius 3 is 2.71 bits per heavy atom. The molecule has 0 radical (unpaired) electrons. The molecule has 1 fully saturated rings. The van der Waals surface area contributed by atoms with Crippen LogP contribution in [-0.2, 0) is 6.61 Å². The molecule has 8 heteroatoms. The number of pyridine rings is 1. The third-order valence-corrected chi connectivity index (χ3v) is 4.83. The van der Waals surface area contributed by atoms with Crippen LogP contribution in [0.3, 0.4) is 0 Å². The zero-order valence-corrected chi connectivity index (χ0v) is 15.4. The lowest BCUT2D eigenvalue weighted by Crippen LogP contribution is -2.40. The van der Waals surface area contributed by atoms with Crippen LogP contribution in [0.4, 0.5) is 10.5 Å². The molecule has 3 aromatic rings. The number of piperidine rings is 1. The highest BCUT2D eigenvalue weighted by atomic mass is 16.5. The topological polar surface area (TPSA) is 96.0 Å². The van der Waals surface area contributed by atoms with Gasteiger partial charge in [0, 0.05) is 25.2 Å². The van der Waals surface area contributed by atoms with E-state index in [1.54, 1.807) is 6.20 Å². The van der Waals surface area contributed by atoms with Gasteiger partial charge < -0.3 is 15.0 Å². The molecular formula is C20H22N6O2. The van der Waals surface area contributed by atoms with Gasteiger partial charge in [0.2, 0.25) is 0 Å². The smallest absolute Gasteiger partial charge is 0.321 e. The van der Waals surface area contributed by atoms with Gasteiger partial charge in [-0.05, 0) is 37.1 Å². The Morgan fingerprint density at radius 1 is 1.14 bits per heavy atom. The molecule has 1 aliphatic heterocycles. The number of carbonyl (C=O) groups excluding carboxylic acids is 1. The van der Waals surface area contributed by atoms with Crippen LogP contribution in [0.5, 0.6) is 5.75 Å². The van der Waals surface area contributed by atoms with E-state index in [9.17, 15) is 4.79 Å². The summed E-state index contributed by atoms with van der Waals surface area (Å²) in [5, 5.41) is 9.80. The fourth-order valence-electron chi connectivity index (χ4n) is 3.29. The number of carbonyl (C=O) groups is 1. The van der Waals surface area contributed by atoms with E-state index in [-0.39, 0.29) is 6.03 Å². The van der Waals surface area contributed by atoms with E-state index in [1.807, 2.05) is 47.4 Å². The maximum Gasteiger partial charge on any atom is 0.321 e. The van der Waals surface area contributed by atoms with E-state index < -0.39 is 0 Å². The number of hydrogen-bond acceptors (Lipinski definition) is 5. The first kappa shape index (κ1) is 18.0. The maximum atomic E-state index is 12.7. The number of para-hydroxylation sites is 2. The van der Waals surface area contributed by atoms with Gasteiger partial charge in [-0.15, -0.1) is 0 Å². The van der Waals surface area contributed by atoms with Crippen LogP contribution in [0.2, 0.25) is 0 Å². The van der Waals surface area contributed by atoms with Crippen LogP contribution >= 0.6 is 0 Å². The van der Waals surface area contributed by atoms with E-state index in [0.29, 0.717) is 37.1 Å². The molecule has 2 N–H and O–H groups in total. The third kappa shape index (κ3) is 4.28. The number of anilines is 1. The number of aromatic nitrogens is 4. The van der Waals surface area contributed by atoms with Gasteiger partial charge in [-0.2, -0.15) is 5.10 Å². The zero-order chi connectivity index (χ0) is 19.2. The lowest BCUT2D eigenvalue weighted by molar-refractivity contribution is 0.193. The van der Waals surface area contributed by atoms with Gasteiger partial charge in [-0.25, -0.2) is 9.78 Å². The predicted molar refractivity (Wildman–Crippen MR) is 104 cm³/mol. The Labute approximate surface area is 163 Å². The molecule has 144 valence electrons. The van der Waals surface area contributed by atoms with Crippen molar-refractivity contribution >= 4 is 11.7 Å². The van der Waals surface area contributed by atoms with Crippen LogP contribution in [-0.4, -0.2) is 44.2 Å². The summed E-state index contributed by atoms with van der Waals surface area (Å²) in [5.74, 6) is 1.84. The second kappa shape index (κ2) is 8.51. The lowest BCUT2D eigenvalue weighted by atomic mass is 9.96. The monoisotopic (exact) mass is 378 g/mol. The Morgan fingerprint density at radius 2 is 1.96 bits per heavy atom. The molecule has 0 spiro atoms. The van der Waals surface area contributed by atoms with E-state index in [1.165, 1.54) is 6.33 Å². The zero-order valence-electron chi connectivity index (χ0n) is 15.4. The first-order chi connectivity index (χ1) is 13.8. The van der Waals surface area contributed by atoms with Crippen molar-refractivity contribution in [3.05, 3.63) is 66.5 Å². The average Bonchev–Trinajstić information content (AvgIpc) is 3.29. The number of nitrogens with one attached hydrogen (secondary N) is 2. The van der Waals surface area contributed by atoms with Gasteiger partial charge in [0.05, 0.1) is 11.4 Å². The van der Waals surface area contributed by atoms with Crippen molar-refractivity contribution in [2.24, 2.45) is 0 Å². The summed E-state index contributed by atoms with van der Waals surface area (Å²) in [6, 6.07) is 13.0. The second-order valence-corrected chi connectivity index (χ2v) is 6.67. The number of benzene rings is 1. The molecule has 0 unspecified atom stereocenters. The minimum Gasteiger partial charge on any atom is -0.485 e. The fraction of sp³-hybridized carbons (Fsp3) is 0.300. The number of aromatic amines is 1. The van der Waals surface area contributed by atoms with Gasteiger partial charge in [0.15, 0.2) is 0 Å². The molecule has 1 aliphatic rings. The molecule has 1 aromatic carbocycles. The molecule has 4 rings (SSSR count). The number of H-pyrrole nitrogens is 1. The van der Waals surface area contributed by atoms with Crippen LogP contribution < -0.4 is 10.1 Å². The molecule has 2 aromatic heterocycles. The Bertz CT molecular complexity index is 892. The molecule has 0 aliphatic carbocycles. The third-order valence-electron chi connectivity index (χ3n) is 4.83. The summed E-state index contributed by atoms with van der Waals surface area (Å²) >= 11 is 0. The van der Waals surface area contributed by atoms with Crippen LogP contribution in [0, 0.1) is 0 Å². The van der Waals surface area contributed by atoms with Crippen molar-refractivity contribution in [3.63, 3.8) is 0 Å². The Hall–Kier alpha value is -3.42. The molecule has 8 nitrogen and oxygen atoms in total. The number of nitrogens with zero attached hydrogens (tertiary/aromatic N) is 4. The minimum atomic E-state index is -0.120. The van der Waals surface area contributed by atoms with Gasteiger partial charge in [0.25, 0.3) is 0 Å². The summed E-state index contributed by atoms with van der Waals surface area (Å²) in [6.07, 6.45) is 4.98. The summed E-state index contributed by atoms with van der Waals surface area (Å²) in [6.45, 7) is 1.69. The van der Waals surface area contributed by atoms with Gasteiger partial charge in [0.1, 0.15) is 24.5 Å². The standard InChI is InChI=1S/C20H22N6O2/c27-20(26-11-8-15(9-12-26)19-22-14-23-25-19)24-17-6-1-2-7-18(17)28-13-16-5-3-4-10-21-16/h1-7,10,14-15H,8-9,11-13H2,(H,24,27)(H,22,23,25). The van der Waals surface area contributed by atoms with Crippen molar-refractivity contribution < 1.29 is 9.53 Å². The number of amides is 2. The summed E-state index contributed by atoms with van der Waals surface area (Å²) in [4.78, 5) is 23.0. The van der Waals surface area contributed by atoms with Crippen LogP contribution in [0.25, 0.3) is 0 Å². The van der Waals surface area contributed by atoms with Crippen molar-refractivity contribution in [2.75, 3.05) is 18.4 Å². The van der Waals surface area contributed by atoms with E-state index in [4.69, 9.17) is 4.74 Å². The second-order valence-electron chi connectivity index (χ2n) is 6.67. The number of urea groups is 1. The largest absolute Gasteiger partial charge is 0.485 e. The highest BCUT2D eigenvalue weighted by Crippen LogP contribution is 2.28. The van der Waals surface area contributed by atoms with Crippen molar-refractivity contribution in [1.29, 1.82) is 0 Å². The number of ether oxygens (including phenoxy) is 1. The minimum absolute atomic E-state index is 0.120. The predicted octanol–water partition coefficient (Wildman–Crippen LogP) is 3.19. The van der Waals surface area contributed by atoms with Gasteiger partial charge in [-0.3, -0.25) is 10.1 Å². The van der Waals surface area contributed by atoms with Crippen LogP contribution in [0.1, 0.15) is 30.3 Å². The van der Waals surface area contributed by atoms with Crippen LogP contribution in [0.15, 0.2) is 55.0 Å². The molecule has 1 saturated heterocycles. The number of likely N-dealkylation sites (tertiary alicyclic amines) is 1. The van der Waals surface area contributed by atoms with E-state index in [0.717, 1.165) is 24.4 Å². The SMILES string of the molecule is O=C(Nc1ccccc1OCc1ccccn1)N1CCC(c2ncn[nH]2)CC1. The molecular weight excluding hydrogens is 356 g/mol. The average molecular weight is 378 g/mol. The van der Waals surface area contributed by atoms with Crippen molar-refractivity contribution in [1.82, 2.24) is 25.1 Å². The highest BCUT2D eigenvalue weighted by molar-refractivity contribution is 5.91. The molecule has 3 heterocycles. The van der Waals surface area contributed by atoms with Gasteiger partial charge >= 0.3 is 6.03 Å². The summed E-state index contributed by atoms with van der Waals surface area (Å²) < 4.78 is 5.86. The number of hydrogen-bond donors (Lipinski definition) is 2. The van der Waals surface area contributed by atoms with E-state index in [2.05, 4.69) is 25.5 Å². The van der Waals surface area contributed by atoms with Gasteiger partial charge in [-0.1, -0.05) is 18.2 Å². The molecule has 0 saturated carbocycles. The molecule has 28 heavy (non-hydrogen) atoms. The number of rotatable bonds is 5.